The molecule has 0 spiro atoms. The SMILES string of the molecule is COCCNCc1csc(CC(C)C)n1. The second-order valence-corrected chi connectivity index (χ2v) is 4.94. The van der Waals surface area contributed by atoms with Crippen LogP contribution in [0, 0.1) is 5.92 Å². The Morgan fingerprint density at radius 3 is 3.00 bits per heavy atom. The second kappa shape index (κ2) is 6.93. The third kappa shape index (κ3) is 5.25. The van der Waals surface area contributed by atoms with Gasteiger partial charge in [-0.25, -0.2) is 4.98 Å². The highest BCUT2D eigenvalue weighted by Crippen LogP contribution is 2.13. The Bertz CT molecular complexity index is 273. The molecular weight excluding hydrogens is 208 g/mol. The molecular formula is C11H20N2OS. The molecule has 0 unspecified atom stereocenters. The van der Waals surface area contributed by atoms with Crippen molar-refractivity contribution < 1.29 is 4.74 Å². The lowest BCUT2D eigenvalue weighted by atomic mass is 10.1. The summed E-state index contributed by atoms with van der Waals surface area (Å²) in [6, 6.07) is 0. The van der Waals surface area contributed by atoms with Crippen LogP contribution in [0.15, 0.2) is 5.38 Å². The molecule has 3 nitrogen and oxygen atoms in total. The van der Waals surface area contributed by atoms with Gasteiger partial charge in [0.1, 0.15) is 0 Å². The summed E-state index contributed by atoms with van der Waals surface area (Å²) in [6.07, 6.45) is 1.09. The molecule has 0 atom stereocenters. The highest BCUT2D eigenvalue weighted by molar-refractivity contribution is 7.09. The number of nitrogens with one attached hydrogen (secondary N) is 1. The van der Waals surface area contributed by atoms with Gasteiger partial charge in [-0.05, 0) is 5.92 Å². The first-order valence-electron chi connectivity index (χ1n) is 5.35. The van der Waals surface area contributed by atoms with Crippen LogP contribution in [-0.4, -0.2) is 25.2 Å². The summed E-state index contributed by atoms with van der Waals surface area (Å²) in [7, 11) is 1.71. The van der Waals surface area contributed by atoms with Crippen molar-refractivity contribution in [1.82, 2.24) is 10.3 Å². The Morgan fingerprint density at radius 2 is 2.33 bits per heavy atom. The molecule has 0 saturated carbocycles. The Balaban J connectivity index is 2.26. The Hall–Kier alpha value is -0.450. The summed E-state index contributed by atoms with van der Waals surface area (Å²) in [5.41, 5.74) is 1.15. The Morgan fingerprint density at radius 1 is 1.53 bits per heavy atom. The van der Waals surface area contributed by atoms with Crippen LogP contribution < -0.4 is 5.32 Å². The minimum absolute atomic E-state index is 0.686. The van der Waals surface area contributed by atoms with E-state index in [0.29, 0.717) is 5.92 Å². The van der Waals surface area contributed by atoms with Gasteiger partial charge in [0.2, 0.25) is 0 Å². The molecule has 0 bridgehead atoms. The van der Waals surface area contributed by atoms with Crippen molar-refractivity contribution in [3.8, 4) is 0 Å². The highest BCUT2D eigenvalue weighted by atomic mass is 32.1. The fraction of sp³-hybridized carbons (Fsp3) is 0.727. The predicted octanol–water partition coefficient (Wildman–Crippen LogP) is 2.08. The molecule has 1 aromatic heterocycles. The number of aromatic nitrogens is 1. The first kappa shape index (κ1) is 12.6. The second-order valence-electron chi connectivity index (χ2n) is 4.00. The van der Waals surface area contributed by atoms with Crippen LogP contribution >= 0.6 is 11.3 Å². The maximum absolute atomic E-state index is 4.96. The topological polar surface area (TPSA) is 34.1 Å². The Kier molecular flexibility index (Phi) is 5.83. The number of methoxy groups -OCH3 is 1. The summed E-state index contributed by atoms with van der Waals surface area (Å²) in [6.45, 7) is 6.92. The van der Waals surface area contributed by atoms with Crippen LogP contribution in [0.5, 0.6) is 0 Å². The van der Waals surface area contributed by atoms with Gasteiger partial charge in [0, 0.05) is 32.0 Å². The largest absolute Gasteiger partial charge is 0.383 e. The fourth-order valence-corrected chi connectivity index (χ4v) is 2.27. The smallest absolute Gasteiger partial charge is 0.0931 e. The zero-order valence-electron chi connectivity index (χ0n) is 9.75. The molecule has 0 fully saturated rings. The molecule has 1 N–H and O–H groups in total. The number of thiazole rings is 1. The number of hydrogen-bond acceptors (Lipinski definition) is 4. The van der Waals surface area contributed by atoms with Gasteiger partial charge >= 0.3 is 0 Å². The van der Waals surface area contributed by atoms with E-state index in [9.17, 15) is 0 Å². The summed E-state index contributed by atoms with van der Waals surface area (Å²) in [5.74, 6) is 0.686. The molecule has 0 radical (unpaired) electrons. The molecule has 1 aromatic rings. The normalized spacial score (nSPS) is 11.2. The minimum Gasteiger partial charge on any atom is -0.383 e. The van der Waals surface area contributed by atoms with Gasteiger partial charge in [-0.3, -0.25) is 0 Å². The maximum Gasteiger partial charge on any atom is 0.0931 e. The minimum atomic E-state index is 0.686. The van der Waals surface area contributed by atoms with Crippen LogP contribution in [0.1, 0.15) is 24.5 Å². The molecule has 0 aliphatic rings. The lowest BCUT2D eigenvalue weighted by Gasteiger charge is -2.01. The van der Waals surface area contributed by atoms with Gasteiger partial charge in [-0.2, -0.15) is 0 Å². The molecule has 0 aliphatic carbocycles. The van der Waals surface area contributed by atoms with Crippen LogP contribution in [0.4, 0.5) is 0 Å². The molecule has 4 heteroatoms. The predicted molar refractivity (Wildman–Crippen MR) is 64.2 cm³/mol. The zero-order valence-corrected chi connectivity index (χ0v) is 10.6. The van der Waals surface area contributed by atoms with E-state index in [4.69, 9.17) is 4.74 Å². The molecule has 1 heterocycles. The summed E-state index contributed by atoms with van der Waals surface area (Å²) in [4.78, 5) is 4.56. The van der Waals surface area contributed by atoms with Crippen molar-refractivity contribution in [2.75, 3.05) is 20.3 Å². The highest BCUT2D eigenvalue weighted by Gasteiger charge is 2.03. The van der Waals surface area contributed by atoms with Gasteiger partial charge in [0.25, 0.3) is 0 Å². The third-order valence-electron chi connectivity index (χ3n) is 1.97. The van der Waals surface area contributed by atoms with E-state index < -0.39 is 0 Å². The number of ether oxygens (including phenoxy) is 1. The monoisotopic (exact) mass is 228 g/mol. The van der Waals surface area contributed by atoms with Crippen LogP contribution in [0.3, 0.4) is 0 Å². The molecule has 0 amide bonds. The first-order chi connectivity index (χ1) is 7.22. The lowest BCUT2D eigenvalue weighted by molar-refractivity contribution is 0.199. The van der Waals surface area contributed by atoms with Crippen molar-refractivity contribution in [3.63, 3.8) is 0 Å². The molecule has 0 aromatic carbocycles. The van der Waals surface area contributed by atoms with Crippen molar-refractivity contribution in [2.45, 2.75) is 26.8 Å². The summed E-state index contributed by atoms with van der Waals surface area (Å²) < 4.78 is 4.96. The lowest BCUT2D eigenvalue weighted by Crippen LogP contribution is -2.18. The van der Waals surface area contributed by atoms with Crippen molar-refractivity contribution >= 4 is 11.3 Å². The summed E-state index contributed by atoms with van der Waals surface area (Å²) >= 11 is 1.76. The van der Waals surface area contributed by atoms with Gasteiger partial charge in [-0.15, -0.1) is 11.3 Å². The van der Waals surface area contributed by atoms with Crippen LogP contribution in [0.25, 0.3) is 0 Å². The van der Waals surface area contributed by atoms with Gasteiger partial charge in [-0.1, -0.05) is 13.8 Å². The number of rotatable bonds is 7. The van der Waals surface area contributed by atoms with Crippen molar-refractivity contribution in [3.05, 3.63) is 16.1 Å². The zero-order chi connectivity index (χ0) is 11.1. The van der Waals surface area contributed by atoms with Crippen molar-refractivity contribution in [1.29, 1.82) is 0 Å². The van der Waals surface area contributed by atoms with E-state index in [1.807, 2.05) is 0 Å². The first-order valence-corrected chi connectivity index (χ1v) is 6.23. The molecule has 0 aliphatic heterocycles. The third-order valence-corrected chi connectivity index (χ3v) is 2.89. The number of nitrogens with zero attached hydrogens (tertiary/aromatic N) is 1. The van der Waals surface area contributed by atoms with Gasteiger partial charge in [0.05, 0.1) is 17.3 Å². The fourth-order valence-electron chi connectivity index (χ4n) is 1.26. The van der Waals surface area contributed by atoms with E-state index in [2.05, 4.69) is 29.5 Å². The maximum atomic E-state index is 4.96. The Labute approximate surface area is 95.9 Å². The molecule has 1 rings (SSSR count). The quantitative estimate of drug-likeness (QED) is 0.726. The molecule has 0 saturated heterocycles. The van der Waals surface area contributed by atoms with Gasteiger partial charge < -0.3 is 10.1 Å². The van der Waals surface area contributed by atoms with E-state index in [1.165, 1.54) is 5.01 Å². The van der Waals surface area contributed by atoms with Crippen LogP contribution in [0.2, 0.25) is 0 Å². The van der Waals surface area contributed by atoms with Gasteiger partial charge in [0.15, 0.2) is 0 Å². The molecule has 86 valence electrons. The van der Waals surface area contributed by atoms with Crippen LogP contribution in [-0.2, 0) is 17.7 Å². The average molecular weight is 228 g/mol. The standard InChI is InChI=1S/C11H20N2OS/c1-9(2)6-11-13-10(8-15-11)7-12-4-5-14-3/h8-9,12H,4-7H2,1-3H3. The molecule has 15 heavy (non-hydrogen) atoms. The number of hydrogen-bond donors (Lipinski definition) is 1. The summed E-state index contributed by atoms with van der Waals surface area (Å²) in [5, 5.41) is 6.67. The van der Waals surface area contributed by atoms with Crippen molar-refractivity contribution in [2.24, 2.45) is 5.92 Å². The average Bonchev–Trinajstić information content (AvgIpc) is 2.59. The van der Waals surface area contributed by atoms with E-state index in [0.717, 1.165) is 31.8 Å². The van der Waals surface area contributed by atoms with E-state index in [-0.39, 0.29) is 0 Å². The van der Waals surface area contributed by atoms with E-state index in [1.54, 1.807) is 18.4 Å². The van der Waals surface area contributed by atoms with E-state index >= 15 is 0 Å².